The van der Waals surface area contributed by atoms with Gasteiger partial charge in [-0.1, -0.05) is 30.3 Å². The molecule has 0 spiro atoms. The molecule has 0 fully saturated rings. The number of nitrogens with zero attached hydrogens (tertiary/aromatic N) is 2. The molecule has 152 valence electrons. The molecule has 0 saturated carbocycles. The van der Waals surface area contributed by atoms with Gasteiger partial charge in [-0.2, -0.15) is 0 Å². The van der Waals surface area contributed by atoms with Crippen LogP contribution in [0.15, 0.2) is 60.3 Å². The third kappa shape index (κ3) is 4.32. The maximum absolute atomic E-state index is 13.2. The van der Waals surface area contributed by atoms with E-state index in [0.29, 0.717) is 29.2 Å². The van der Waals surface area contributed by atoms with E-state index < -0.39 is 0 Å². The molecular formula is C23H26N2O4. The molecule has 1 aliphatic heterocycles. The number of imide groups is 1. The lowest BCUT2D eigenvalue weighted by molar-refractivity contribution is -0.138. The van der Waals surface area contributed by atoms with Gasteiger partial charge in [0.25, 0.3) is 11.8 Å². The largest absolute Gasteiger partial charge is 0.497 e. The normalized spacial score (nSPS) is 14.2. The van der Waals surface area contributed by atoms with Crippen LogP contribution in [0.25, 0.3) is 5.57 Å². The van der Waals surface area contributed by atoms with Crippen LogP contribution in [-0.2, 0) is 14.3 Å². The first-order valence-electron chi connectivity index (χ1n) is 9.59. The van der Waals surface area contributed by atoms with Crippen LogP contribution in [0.3, 0.4) is 0 Å². The van der Waals surface area contributed by atoms with Crippen molar-refractivity contribution < 1.29 is 19.1 Å². The van der Waals surface area contributed by atoms with E-state index >= 15 is 0 Å². The second-order valence-electron chi connectivity index (χ2n) is 7.03. The number of carbonyl (C=O) groups excluding carboxylic acids is 2. The summed E-state index contributed by atoms with van der Waals surface area (Å²) < 4.78 is 10.8. The first-order chi connectivity index (χ1) is 13.9. The van der Waals surface area contributed by atoms with Gasteiger partial charge >= 0.3 is 0 Å². The number of para-hydroxylation sites is 1. The van der Waals surface area contributed by atoms with Crippen LogP contribution in [-0.4, -0.2) is 50.1 Å². The monoisotopic (exact) mass is 394 g/mol. The van der Waals surface area contributed by atoms with Crippen LogP contribution in [0, 0.1) is 0 Å². The number of ether oxygens (including phenoxy) is 2. The zero-order valence-electron chi connectivity index (χ0n) is 17.2. The molecule has 6 nitrogen and oxygen atoms in total. The minimum atomic E-state index is -0.320. The van der Waals surface area contributed by atoms with E-state index in [9.17, 15) is 9.59 Å². The standard InChI is InChI=1S/C23H26N2O4/c1-16(2)29-15-14-25-22(26)20(17-10-12-19(28-4)13-11-17)21(23(25)27)24(3)18-8-6-5-7-9-18/h5-13,16H,14-15H2,1-4H3. The lowest BCUT2D eigenvalue weighted by atomic mass is 10.0. The lowest BCUT2D eigenvalue weighted by Crippen LogP contribution is -2.37. The molecule has 0 atom stereocenters. The van der Waals surface area contributed by atoms with Gasteiger partial charge in [-0.05, 0) is 43.7 Å². The Labute approximate surface area is 171 Å². The number of carbonyl (C=O) groups is 2. The number of anilines is 1. The van der Waals surface area contributed by atoms with Crippen LogP contribution in [0.4, 0.5) is 5.69 Å². The summed E-state index contributed by atoms with van der Waals surface area (Å²) in [6, 6.07) is 16.7. The second-order valence-corrected chi connectivity index (χ2v) is 7.03. The van der Waals surface area contributed by atoms with Crippen LogP contribution < -0.4 is 9.64 Å². The molecule has 2 aromatic carbocycles. The van der Waals surface area contributed by atoms with Gasteiger partial charge in [0.15, 0.2) is 0 Å². The molecule has 2 aromatic rings. The van der Waals surface area contributed by atoms with Crippen LogP contribution in [0.5, 0.6) is 5.75 Å². The summed E-state index contributed by atoms with van der Waals surface area (Å²) in [7, 11) is 3.39. The SMILES string of the molecule is COc1ccc(C2=C(N(C)c3ccccc3)C(=O)N(CCOC(C)C)C2=O)cc1. The lowest BCUT2D eigenvalue weighted by Gasteiger charge is -2.21. The maximum Gasteiger partial charge on any atom is 0.278 e. The van der Waals surface area contributed by atoms with Crippen molar-refractivity contribution in [3.05, 3.63) is 65.9 Å². The predicted molar refractivity (Wildman–Crippen MR) is 113 cm³/mol. The Morgan fingerprint density at radius 1 is 0.966 bits per heavy atom. The Kier molecular flexibility index (Phi) is 6.34. The minimum Gasteiger partial charge on any atom is -0.497 e. The highest BCUT2D eigenvalue weighted by molar-refractivity contribution is 6.36. The van der Waals surface area contributed by atoms with Gasteiger partial charge in [0.1, 0.15) is 11.4 Å². The second kappa shape index (κ2) is 8.92. The van der Waals surface area contributed by atoms with Crippen molar-refractivity contribution in [1.82, 2.24) is 4.90 Å². The molecule has 0 bridgehead atoms. The van der Waals surface area contributed by atoms with Gasteiger partial charge in [-0.3, -0.25) is 14.5 Å². The molecule has 29 heavy (non-hydrogen) atoms. The number of hydrogen-bond acceptors (Lipinski definition) is 5. The molecule has 0 radical (unpaired) electrons. The molecule has 0 saturated heterocycles. The Morgan fingerprint density at radius 3 is 2.21 bits per heavy atom. The predicted octanol–water partition coefficient (Wildman–Crippen LogP) is 3.34. The van der Waals surface area contributed by atoms with Crippen molar-refractivity contribution in [2.45, 2.75) is 20.0 Å². The highest BCUT2D eigenvalue weighted by Crippen LogP contribution is 2.33. The highest BCUT2D eigenvalue weighted by Gasteiger charge is 2.40. The summed E-state index contributed by atoms with van der Waals surface area (Å²) in [5.74, 6) is 0.0520. The van der Waals surface area contributed by atoms with Gasteiger partial charge in [-0.15, -0.1) is 0 Å². The van der Waals surface area contributed by atoms with Crippen molar-refractivity contribution >= 4 is 23.1 Å². The number of likely N-dealkylation sites (N-methyl/N-ethyl adjacent to an activating group) is 1. The van der Waals surface area contributed by atoms with Gasteiger partial charge in [0.2, 0.25) is 0 Å². The molecule has 1 heterocycles. The minimum absolute atomic E-state index is 0.0308. The molecule has 0 N–H and O–H groups in total. The Hall–Kier alpha value is -3.12. The molecular weight excluding hydrogens is 368 g/mol. The van der Waals surface area contributed by atoms with Gasteiger partial charge < -0.3 is 14.4 Å². The third-order valence-electron chi connectivity index (χ3n) is 4.77. The third-order valence-corrected chi connectivity index (χ3v) is 4.77. The fourth-order valence-corrected chi connectivity index (χ4v) is 3.26. The van der Waals surface area contributed by atoms with Crippen LogP contribution in [0.2, 0.25) is 0 Å². The Morgan fingerprint density at radius 2 is 1.62 bits per heavy atom. The van der Waals surface area contributed by atoms with E-state index in [4.69, 9.17) is 9.47 Å². The topological polar surface area (TPSA) is 59.1 Å². The van der Waals surface area contributed by atoms with E-state index in [1.54, 1.807) is 43.3 Å². The average molecular weight is 394 g/mol. The molecule has 0 unspecified atom stereocenters. The highest BCUT2D eigenvalue weighted by atomic mass is 16.5. The molecule has 0 aliphatic carbocycles. The van der Waals surface area contributed by atoms with Crippen molar-refractivity contribution in [3.63, 3.8) is 0 Å². The zero-order chi connectivity index (χ0) is 21.0. The van der Waals surface area contributed by atoms with E-state index in [0.717, 1.165) is 5.69 Å². The smallest absolute Gasteiger partial charge is 0.278 e. The number of methoxy groups -OCH3 is 1. The number of amides is 2. The van der Waals surface area contributed by atoms with E-state index in [2.05, 4.69) is 0 Å². The first-order valence-corrected chi connectivity index (χ1v) is 9.59. The quantitative estimate of drug-likeness (QED) is 0.643. The van der Waals surface area contributed by atoms with Crippen molar-refractivity contribution in [2.24, 2.45) is 0 Å². The molecule has 3 rings (SSSR count). The Bertz CT molecular complexity index is 904. The fourth-order valence-electron chi connectivity index (χ4n) is 3.26. The van der Waals surface area contributed by atoms with Gasteiger partial charge in [-0.25, -0.2) is 0 Å². The Balaban J connectivity index is 2.01. The van der Waals surface area contributed by atoms with E-state index in [1.165, 1.54) is 4.90 Å². The van der Waals surface area contributed by atoms with Crippen molar-refractivity contribution in [3.8, 4) is 5.75 Å². The zero-order valence-corrected chi connectivity index (χ0v) is 17.2. The molecule has 6 heteroatoms. The summed E-state index contributed by atoms with van der Waals surface area (Å²) in [6.45, 7) is 4.35. The number of hydrogen-bond donors (Lipinski definition) is 0. The molecule has 0 aromatic heterocycles. The summed E-state index contributed by atoms with van der Waals surface area (Å²) in [5.41, 5.74) is 2.24. The van der Waals surface area contributed by atoms with E-state index in [1.807, 2.05) is 44.2 Å². The fraction of sp³-hybridized carbons (Fsp3) is 0.304. The van der Waals surface area contributed by atoms with Crippen LogP contribution >= 0.6 is 0 Å². The summed E-state index contributed by atoms with van der Waals surface area (Å²) >= 11 is 0. The van der Waals surface area contributed by atoms with Crippen molar-refractivity contribution in [2.75, 3.05) is 32.2 Å². The number of rotatable bonds is 8. The molecule has 1 aliphatic rings. The van der Waals surface area contributed by atoms with Crippen LogP contribution in [0.1, 0.15) is 19.4 Å². The van der Waals surface area contributed by atoms with Gasteiger partial charge in [0.05, 0.1) is 31.9 Å². The van der Waals surface area contributed by atoms with E-state index in [-0.39, 0.29) is 24.5 Å². The van der Waals surface area contributed by atoms with Crippen molar-refractivity contribution in [1.29, 1.82) is 0 Å². The number of benzene rings is 2. The molecule has 2 amide bonds. The summed E-state index contributed by atoms with van der Waals surface area (Å²) in [6.07, 6.45) is 0.0308. The average Bonchev–Trinajstić information content (AvgIpc) is 2.98. The maximum atomic E-state index is 13.2. The summed E-state index contributed by atoms with van der Waals surface area (Å²) in [5, 5.41) is 0. The first kappa shape index (κ1) is 20.6. The summed E-state index contributed by atoms with van der Waals surface area (Å²) in [4.78, 5) is 29.5. The van der Waals surface area contributed by atoms with Gasteiger partial charge in [0, 0.05) is 12.7 Å².